The standard InChI is InChI=1S/C11H13N3O3.C11H11N3O2/c12-10(15)8-5-7(11(16)17)9(6-13-8)14-3-1-2-4-14;1-12-10-6-8(11(15)16)9(7-13-10)14-4-2-3-5-14/h5-6H,1-4H2,(H2,12,15)(H,16,17);6-7H,2-5H2,(H,15,16). The van der Waals surface area contributed by atoms with Crippen LogP contribution in [0.5, 0.6) is 0 Å². The van der Waals surface area contributed by atoms with E-state index in [9.17, 15) is 14.4 Å². The molecule has 0 radical (unpaired) electrons. The van der Waals surface area contributed by atoms with E-state index in [0.29, 0.717) is 11.4 Å². The van der Waals surface area contributed by atoms with Gasteiger partial charge in [0.05, 0.1) is 28.7 Å². The predicted molar refractivity (Wildman–Crippen MR) is 120 cm³/mol. The topological polar surface area (TPSA) is 154 Å². The number of nitrogens with zero attached hydrogens (tertiary/aromatic N) is 5. The number of nitrogens with two attached hydrogens (primary N) is 1. The number of carbonyl (C=O) groups is 3. The average Bonchev–Trinajstić information content (AvgIpc) is 3.53. The number of carboxylic acids is 2. The Morgan fingerprint density at radius 2 is 1.30 bits per heavy atom. The van der Waals surface area contributed by atoms with E-state index in [1.54, 1.807) is 0 Å². The van der Waals surface area contributed by atoms with Crippen molar-refractivity contribution in [3.05, 3.63) is 52.8 Å². The minimum atomic E-state index is -1.07. The van der Waals surface area contributed by atoms with E-state index in [2.05, 4.69) is 14.8 Å². The molecule has 0 saturated carbocycles. The lowest BCUT2D eigenvalue weighted by molar-refractivity contribution is 0.0686. The van der Waals surface area contributed by atoms with E-state index in [1.807, 2.05) is 9.80 Å². The van der Waals surface area contributed by atoms with Crippen molar-refractivity contribution in [3.63, 3.8) is 0 Å². The Morgan fingerprint density at radius 1 is 0.848 bits per heavy atom. The maximum Gasteiger partial charge on any atom is 0.337 e. The Bertz CT molecular complexity index is 1100. The third-order valence-electron chi connectivity index (χ3n) is 5.47. The maximum absolute atomic E-state index is 11.1. The third kappa shape index (κ3) is 5.54. The number of aromatic carboxylic acids is 2. The molecule has 4 rings (SSSR count). The highest BCUT2D eigenvalue weighted by Crippen LogP contribution is 2.27. The van der Waals surface area contributed by atoms with Gasteiger partial charge in [-0.05, 0) is 37.8 Å². The van der Waals surface area contributed by atoms with Crippen molar-refractivity contribution in [1.82, 2.24) is 9.97 Å². The molecule has 11 nitrogen and oxygen atoms in total. The van der Waals surface area contributed by atoms with E-state index in [0.717, 1.165) is 51.9 Å². The fourth-order valence-corrected chi connectivity index (χ4v) is 3.84. The summed E-state index contributed by atoms with van der Waals surface area (Å²) in [6.07, 6.45) is 7.12. The molecule has 2 aromatic heterocycles. The van der Waals surface area contributed by atoms with Gasteiger partial charge in [-0.2, -0.15) is 0 Å². The SMILES string of the molecule is NC(=O)c1cc(C(=O)O)c(N2CCCC2)cn1.[C-]#[N+]c1cc(C(=O)O)c(N2CCCC2)cn1. The molecule has 4 N–H and O–H groups in total. The summed E-state index contributed by atoms with van der Waals surface area (Å²) in [7, 11) is 0. The van der Waals surface area contributed by atoms with E-state index < -0.39 is 17.8 Å². The van der Waals surface area contributed by atoms with Gasteiger partial charge in [-0.15, -0.1) is 4.98 Å². The van der Waals surface area contributed by atoms with Crippen LogP contribution in [0.4, 0.5) is 17.2 Å². The number of hydrogen-bond donors (Lipinski definition) is 3. The Morgan fingerprint density at radius 3 is 1.73 bits per heavy atom. The Balaban J connectivity index is 0.000000186. The fraction of sp³-hybridized carbons (Fsp3) is 0.364. The highest BCUT2D eigenvalue weighted by atomic mass is 16.4. The molecule has 0 spiro atoms. The van der Waals surface area contributed by atoms with Crippen molar-refractivity contribution in [1.29, 1.82) is 0 Å². The summed E-state index contributed by atoms with van der Waals surface area (Å²) in [5.74, 6) is -2.67. The fourth-order valence-electron chi connectivity index (χ4n) is 3.84. The van der Waals surface area contributed by atoms with Gasteiger partial charge in [0.2, 0.25) is 0 Å². The van der Waals surface area contributed by atoms with Gasteiger partial charge in [-0.3, -0.25) is 4.79 Å². The molecule has 2 aliphatic heterocycles. The van der Waals surface area contributed by atoms with Crippen LogP contribution in [0.15, 0.2) is 24.5 Å². The van der Waals surface area contributed by atoms with Gasteiger partial charge in [0.1, 0.15) is 11.9 Å². The molecule has 2 saturated heterocycles. The van der Waals surface area contributed by atoms with Crippen molar-refractivity contribution in [2.24, 2.45) is 5.73 Å². The smallest absolute Gasteiger partial charge is 0.337 e. The number of anilines is 2. The molecule has 0 unspecified atom stereocenters. The second kappa shape index (κ2) is 10.4. The molecule has 2 fully saturated rings. The van der Waals surface area contributed by atoms with Crippen LogP contribution in [0.2, 0.25) is 0 Å². The number of pyridine rings is 2. The summed E-state index contributed by atoms with van der Waals surface area (Å²) in [6.45, 7) is 10.2. The van der Waals surface area contributed by atoms with E-state index in [1.165, 1.54) is 24.5 Å². The first kappa shape index (κ1) is 23.5. The highest BCUT2D eigenvalue weighted by Gasteiger charge is 2.22. The first-order chi connectivity index (χ1) is 15.8. The van der Waals surface area contributed by atoms with Gasteiger partial charge in [-0.25, -0.2) is 14.6 Å². The largest absolute Gasteiger partial charge is 0.478 e. The second-order valence-electron chi connectivity index (χ2n) is 7.62. The quantitative estimate of drug-likeness (QED) is 0.580. The average molecular weight is 452 g/mol. The summed E-state index contributed by atoms with van der Waals surface area (Å²) in [4.78, 5) is 48.1. The molecule has 172 valence electrons. The van der Waals surface area contributed by atoms with Crippen molar-refractivity contribution >= 4 is 35.0 Å². The number of carbonyl (C=O) groups excluding carboxylic acids is 1. The number of rotatable bonds is 5. The van der Waals surface area contributed by atoms with E-state index in [4.69, 9.17) is 22.5 Å². The molecule has 4 heterocycles. The van der Waals surface area contributed by atoms with Gasteiger partial charge in [-0.1, -0.05) is 6.57 Å². The van der Waals surface area contributed by atoms with Crippen LogP contribution in [0.1, 0.15) is 56.9 Å². The van der Waals surface area contributed by atoms with Crippen molar-refractivity contribution < 1.29 is 24.6 Å². The molecular formula is C22H24N6O5. The number of carboxylic acid groups (broad SMARTS) is 2. The lowest BCUT2D eigenvalue weighted by Crippen LogP contribution is -2.22. The van der Waals surface area contributed by atoms with Crippen LogP contribution >= 0.6 is 0 Å². The van der Waals surface area contributed by atoms with E-state index >= 15 is 0 Å². The second-order valence-corrected chi connectivity index (χ2v) is 7.62. The first-order valence-corrected chi connectivity index (χ1v) is 10.5. The number of hydrogen-bond acceptors (Lipinski definition) is 7. The van der Waals surface area contributed by atoms with Gasteiger partial charge < -0.3 is 30.6 Å². The van der Waals surface area contributed by atoms with Gasteiger partial charge in [0.25, 0.3) is 11.7 Å². The first-order valence-electron chi connectivity index (χ1n) is 10.5. The zero-order valence-corrected chi connectivity index (χ0v) is 17.9. The molecule has 0 aliphatic carbocycles. The van der Waals surface area contributed by atoms with Crippen LogP contribution in [-0.4, -0.2) is 64.2 Å². The van der Waals surface area contributed by atoms with Crippen LogP contribution in [0.25, 0.3) is 4.85 Å². The van der Waals surface area contributed by atoms with Gasteiger partial charge in [0.15, 0.2) is 0 Å². The number of primary amides is 1. The summed E-state index contributed by atoms with van der Waals surface area (Å²) < 4.78 is 0. The normalized spacial score (nSPS) is 14.9. The van der Waals surface area contributed by atoms with Crippen LogP contribution in [0.3, 0.4) is 0 Å². The number of amides is 1. The molecule has 0 aromatic carbocycles. The summed E-state index contributed by atoms with van der Waals surface area (Å²) in [5.41, 5.74) is 6.48. The van der Waals surface area contributed by atoms with Crippen molar-refractivity contribution in [3.8, 4) is 0 Å². The molecule has 1 amide bonds. The summed E-state index contributed by atoms with van der Waals surface area (Å²) in [6, 6.07) is 2.57. The van der Waals surface area contributed by atoms with Crippen molar-refractivity contribution in [2.45, 2.75) is 25.7 Å². The minimum Gasteiger partial charge on any atom is -0.478 e. The zero-order chi connectivity index (χ0) is 24.0. The number of aromatic nitrogens is 2. The Hall–Kier alpha value is -4.20. The molecule has 33 heavy (non-hydrogen) atoms. The maximum atomic E-state index is 11.1. The molecule has 0 bridgehead atoms. The van der Waals surface area contributed by atoms with Gasteiger partial charge in [0, 0.05) is 26.2 Å². The van der Waals surface area contributed by atoms with Gasteiger partial charge >= 0.3 is 11.9 Å². The highest BCUT2D eigenvalue weighted by molar-refractivity contribution is 5.98. The Kier molecular flexibility index (Phi) is 7.40. The Labute approximate surface area is 190 Å². The molecule has 2 aliphatic rings. The zero-order valence-electron chi connectivity index (χ0n) is 17.9. The molecule has 0 atom stereocenters. The lowest BCUT2D eigenvalue weighted by atomic mass is 10.1. The minimum absolute atomic E-state index is 0.0228. The molecule has 11 heteroatoms. The molecule has 2 aromatic rings. The lowest BCUT2D eigenvalue weighted by Gasteiger charge is -2.19. The van der Waals surface area contributed by atoms with Crippen molar-refractivity contribution in [2.75, 3.05) is 36.0 Å². The van der Waals surface area contributed by atoms with Crippen LogP contribution < -0.4 is 15.5 Å². The van der Waals surface area contributed by atoms with E-state index in [-0.39, 0.29) is 22.6 Å². The predicted octanol–water partition coefficient (Wildman–Crippen LogP) is 2.41. The third-order valence-corrected chi connectivity index (χ3v) is 5.47. The van der Waals surface area contributed by atoms with Crippen LogP contribution in [0, 0.1) is 6.57 Å². The summed E-state index contributed by atoms with van der Waals surface area (Å²) >= 11 is 0. The monoisotopic (exact) mass is 452 g/mol. The molecular weight excluding hydrogens is 428 g/mol. The summed E-state index contributed by atoms with van der Waals surface area (Å²) in [5, 5.41) is 18.2. The van der Waals surface area contributed by atoms with Crippen LogP contribution in [-0.2, 0) is 0 Å².